The molecule has 0 radical (unpaired) electrons. The van der Waals surface area contributed by atoms with E-state index in [1.165, 1.54) is 12.1 Å². The molecule has 0 N–H and O–H groups in total. The number of nitrogens with zero attached hydrogens (tertiary/aromatic N) is 1. The third-order valence-electron chi connectivity index (χ3n) is 1.10. The van der Waals surface area contributed by atoms with Gasteiger partial charge in [-0.1, -0.05) is 6.07 Å². The molecule has 1 rings (SSSR count). The predicted octanol–water partition coefficient (Wildman–Crippen LogP) is 2.30. The Bertz CT molecular complexity index is 258. The maximum atomic E-state index is 12.5. The summed E-state index contributed by atoms with van der Waals surface area (Å²) in [5.74, 6) is -1.84. The first-order chi connectivity index (χ1) is 4.75. The number of hydrogen-bond acceptors (Lipinski definition) is 1. The summed E-state index contributed by atoms with van der Waals surface area (Å²) >= 11 is 0. The zero-order chi connectivity index (χ0) is 7.56. The second kappa shape index (κ2) is 2.56. The molecule has 1 nitrogen and oxygen atoms in total. The maximum Gasteiger partial charge on any atom is 0.184 e. The summed E-state index contributed by atoms with van der Waals surface area (Å²) in [6.07, 6.45) is 0. The van der Waals surface area contributed by atoms with Gasteiger partial charge in [0, 0.05) is 0 Å². The van der Waals surface area contributed by atoms with Crippen molar-refractivity contribution in [2.45, 2.75) is 0 Å². The van der Waals surface area contributed by atoms with E-state index in [2.05, 4.69) is 11.7 Å². The molecule has 0 spiro atoms. The molecule has 10 heavy (non-hydrogen) atoms. The van der Waals surface area contributed by atoms with Crippen LogP contribution in [-0.4, -0.2) is 6.72 Å². The van der Waals surface area contributed by atoms with Crippen molar-refractivity contribution in [1.29, 1.82) is 0 Å². The van der Waals surface area contributed by atoms with Crippen molar-refractivity contribution in [1.82, 2.24) is 0 Å². The van der Waals surface area contributed by atoms with Crippen LogP contribution in [0.5, 0.6) is 0 Å². The first kappa shape index (κ1) is 6.86. The van der Waals surface area contributed by atoms with Gasteiger partial charge in [-0.25, -0.2) is 8.78 Å². The lowest BCUT2D eigenvalue weighted by atomic mass is 10.3. The molecule has 0 fully saturated rings. The summed E-state index contributed by atoms with van der Waals surface area (Å²) in [5.41, 5.74) is -0.0556. The van der Waals surface area contributed by atoms with Gasteiger partial charge < -0.3 is 0 Å². The molecule has 1 aromatic rings. The quantitative estimate of drug-likeness (QED) is 0.532. The highest BCUT2D eigenvalue weighted by molar-refractivity contribution is 5.46. The zero-order valence-electron chi connectivity index (χ0n) is 5.14. The molecule has 0 atom stereocenters. The fourth-order valence-electron chi connectivity index (χ4n) is 0.615. The Morgan fingerprint density at radius 3 is 2.50 bits per heavy atom. The third-order valence-corrected chi connectivity index (χ3v) is 1.10. The normalized spacial score (nSPS) is 9.40. The molecule has 0 aliphatic rings. The highest BCUT2D eigenvalue weighted by atomic mass is 19.2. The summed E-state index contributed by atoms with van der Waals surface area (Å²) in [4.78, 5) is 3.27. The number of benzene rings is 1. The van der Waals surface area contributed by atoms with Crippen molar-refractivity contribution in [3.05, 3.63) is 29.8 Å². The molecule has 0 aromatic heterocycles. The van der Waals surface area contributed by atoms with Gasteiger partial charge in [-0.15, -0.1) is 0 Å². The van der Waals surface area contributed by atoms with E-state index in [1.54, 1.807) is 0 Å². The predicted molar refractivity (Wildman–Crippen MR) is 35.6 cm³/mol. The van der Waals surface area contributed by atoms with Crippen LogP contribution < -0.4 is 0 Å². The summed E-state index contributed by atoms with van der Waals surface area (Å²) in [7, 11) is 0. The van der Waals surface area contributed by atoms with Crippen LogP contribution in [0.4, 0.5) is 14.5 Å². The molecule has 0 aliphatic carbocycles. The Kier molecular flexibility index (Phi) is 1.76. The molecule has 0 amide bonds. The van der Waals surface area contributed by atoms with Crippen molar-refractivity contribution >= 4 is 12.4 Å². The molecule has 1 aromatic carbocycles. The van der Waals surface area contributed by atoms with Crippen molar-refractivity contribution in [2.75, 3.05) is 0 Å². The van der Waals surface area contributed by atoms with Crippen LogP contribution in [0.3, 0.4) is 0 Å². The van der Waals surface area contributed by atoms with E-state index in [1.807, 2.05) is 0 Å². The Morgan fingerprint density at radius 2 is 2.00 bits per heavy atom. The Labute approximate surface area is 57.0 Å². The monoisotopic (exact) mass is 141 g/mol. The molecular formula is C7H5F2N. The van der Waals surface area contributed by atoms with E-state index in [0.717, 1.165) is 6.07 Å². The van der Waals surface area contributed by atoms with Crippen LogP contribution in [0.1, 0.15) is 0 Å². The smallest absolute Gasteiger partial charge is 0.184 e. The summed E-state index contributed by atoms with van der Waals surface area (Å²) in [6, 6.07) is 3.76. The van der Waals surface area contributed by atoms with Crippen LogP contribution in [0.2, 0.25) is 0 Å². The van der Waals surface area contributed by atoms with Gasteiger partial charge in [-0.3, -0.25) is 4.99 Å². The van der Waals surface area contributed by atoms with Crippen LogP contribution in [-0.2, 0) is 0 Å². The fourth-order valence-corrected chi connectivity index (χ4v) is 0.615. The molecule has 0 saturated carbocycles. The van der Waals surface area contributed by atoms with Crippen molar-refractivity contribution < 1.29 is 8.78 Å². The fraction of sp³-hybridized carbons (Fsp3) is 0. The van der Waals surface area contributed by atoms with Crippen molar-refractivity contribution in [3.63, 3.8) is 0 Å². The maximum absolute atomic E-state index is 12.5. The van der Waals surface area contributed by atoms with E-state index >= 15 is 0 Å². The second-order valence-corrected chi connectivity index (χ2v) is 1.73. The van der Waals surface area contributed by atoms with Gasteiger partial charge in [-0.2, -0.15) is 0 Å². The highest BCUT2D eigenvalue weighted by Gasteiger charge is 2.03. The minimum atomic E-state index is -0.947. The van der Waals surface area contributed by atoms with Crippen molar-refractivity contribution in [3.8, 4) is 0 Å². The van der Waals surface area contributed by atoms with Crippen LogP contribution in [0, 0.1) is 11.6 Å². The number of halogens is 2. The lowest BCUT2D eigenvalue weighted by molar-refractivity contribution is 0.511. The largest absolute Gasteiger partial charge is 0.261 e. The SMILES string of the molecule is C=Nc1cccc(F)c1F. The summed E-state index contributed by atoms with van der Waals surface area (Å²) in [6.45, 7) is 3.08. The Balaban J connectivity index is 3.27. The lowest BCUT2D eigenvalue weighted by Crippen LogP contribution is -1.81. The average molecular weight is 141 g/mol. The van der Waals surface area contributed by atoms with Gasteiger partial charge in [0.2, 0.25) is 0 Å². The van der Waals surface area contributed by atoms with Gasteiger partial charge >= 0.3 is 0 Å². The van der Waals surface area contributed by atoms with Gasteiger partial charge in [0.15, 0.2) is 11.6 Å². The van der Waals surface area contributed by atoms with E-state index in [4.69, 9.17) is 0 Å². The Hall–Kier alpha value is -1.25. The molecule has 0 unspecified atom stereocenters. The molecule has 0 aliphatic heterocycles. The van der Waals surface area contributed by atoms with Crippen LogP contribution in [0.25, 0.3) is 0 Å². The molecule has 3 heteroatoms. The van der Waals surface area contributed by atoms with E-state index in [-0.39, 0.29) is 5.69 Å². The highest BCUT2D eigenvalue weighted by Crippen LogP contribution is 2.18. The van der Waals surface area contributed by atoms with E-state index < -0.39 is 11.6 Å². The first-order valence-corrected chi connectivity index (χ1v) is 2.66. The van der Waals surface area contributed by atoms with Crippen LogP contribution in [0.15, 0.2) is 23.2 Å². The summed E-state index contributed by atoms with van der Waals surface area (Å²) in [5, 5.41) is 0. The van der Waals surface area contributed by atoms with Gasteiger partial charge in [0.05, 0.1) is 0 Å². The lowest BCUT2D eigenvalue weighted by Gasteiger charge is -1.94. The van der Waals surface area contributed by atoms with Crippen molar-refractivity contribution in [2.24, 2.45) is 4.99 Å². The number of hydrogen-bond donors (Lipinski definition) is 0. The second-order valence-electron chi connectivity index (χ2n) is 1.73. The molecule has 0 bridgehead atoms. The van der Waals surface area contributed by atoms with Gasteiger partial charge in [0.1, 0.15) is 5.69 Å². The minimum absolute atomic E-state index is 0.0556. The number of aliphatic imine (C=N–C) groups is 1. The summed E-state index contributed by atoms with van der Waals surface area (Å²) < 4.78 is 24.8. The van der Waals surface area contributed by atoms with E-state index in [9.17, 15) is 8.78 Å². The topological polar surface area (TPSA) is 12.4 Å². The number of rotatable bonds is 1. The average Bonchev–Trinajstić information content (AvgIpc) is 1.95. The third kappa shape index (κ3) is 1.03. The van der Waals surface area contributed by atoms with Crippen LogP contribution >= 0.6 is 0 Å². The molecule has 52 valence electrons. The molecule has 0 heterocycles. The molecular weight excluding hydrogens is 136 g/mol. The van der Waals surface area contributed by atoms with Gasteiger partial charge in [-0.05, 0) is 18.9 Å². The standard InChI is InChI=1S/C7H5F2N/c1-10-6-4-2-3-5(8)7(6)9/h2-4H,1H2. The van der Waals surface area contributed by atoms with E-state index in [0.29, 0.717) is 0 Å². The first-order valence-electron chi connectivity index (χ1n) is 2.66. The molecule has 0 saturated heterocycles. The van der Waals surface area contributed by atoms with Gasteiger partial charge in [0.25, 0.3) is 0 Å². The minimum Gasteiger partial charge on any atom is -0.261 e. The Morgan fingerprint density at radius 1 is 1.30 bits per heavy atom. The zero-order valence-corrected chi connectivity index (χ0v) is 5.14.